The maximum absolute atomic E-state index is 5.77. The molecule has 0 saturated heterocycles. The van der Waals surface area contributed by atoms with E-state index in [1.54, 1.807) is 18.9 Å². The first-order valence-corrected chi connectivity index (χ1v) is 7.21. The third-order valence-electron chi connectivity index (χ3n) is 3.08. The Morgan fingerprint density at radius 2 is 1.89 bits per heavy atom. The van der Waals surface area contributed by atoms with E-state index >= 15 is 0 Å². The van der Waals surface area contributed by atoms with Crippen molar-refractivity contribution in [1.82, 2.24) is 0 Å². The van der Waals surface area contributed by atoms with Crippen LogP contribution in [0.25, 0.3) is 0 Å². The Bertz CT molecular complexity index is 581. The topological polar surface area (TPSA) is 35.2 Å². The Labute approximate surface area is 119 Å². The summed E-state index contributed by atoms with van der Waals surface area (Å²) in [6, 6.07) is 12.4. The van der Waals surface area contributed by atoms with Crippen LogP contribution in [-0.4, -0.2) is 7.11 Å². The van der Waals surface area contributed by atoms with Crippen LogP contribution in [0.2, 0.25) is 0 Å². The molecule has 0 saturated carbocycles. The van der Waals surface area contributed by atoms with Crippen molar-refractivity contribution >= 4 is 17.4 Å². The molecule has 2 N–H and O–H groups in total. The Hall–Kier alpha value is -1.61. The van der Waals surface area contributed by atoms with E-state index in [4.69, 9.17) is 10.5 Å². The summed E-state index contributed by atoms with van der Waals surface area (Å²) in [5, 5.41) is 0. The number of anilines is 1. The Morgan fingerprint density at radius 3 is 2.63 bits per heavy atom. The predicted octanol–water partition coefficient (Wildman–Crippen LogP) is 4.19. The molecular formula is C16H19NOS. The van der Waals surface area contributed by atoms with Crippen LogP contribution in [0, 0.1) is 13.8 Å². The van der Waals surface area contributed by atoms with Gasteiger partial charge in [-0.3, -0.25) is 0 Å². The molecule has 2 aromatic carbocycles. The lowest BCUT2D eigenvalue weighted by atomic mass is 10.1. The molecule has 0 aliphatic heterocycles. The second kappa shape index (κ2) is 6.02. The number of nitrogens with two attached hydrogens (primary N) is 1. The average Bonchev–Trinajstić information content (AvgIpc) is 2.40. The normalized spacial score (nSPS) is 10.5. The fourth-order valence-corrected chi connectivity index (χ4v) is 2.99. The van der Waals surface area contributed by atoms with Crippen LogP contribution in [0.5, 0.6) is 5.75 Å². The summed E-state index contributed by atoms with van der Waals surface area (Å²) in [5.74, 6) is 1.78. The maximum atomic E-state index is 5.77. The summed E-state index contributed by atoms with van der Waals surface area (Å²) < 4.78 is 5.37. The van der Waals surface area contributed by atoms with Gasteiger partial charge in [0.1, 0.15) is 5.75 Å². The standard InChI is InChI=1S/C16H19NOS/c1-11-4-5-12(2)13(8-11)10-19-16-7-6-14(17)9-15(16)18-3/h4-9H,10,17H2,1-3H3. The molecule has 19 heavy (non-hydrogen) atoms. The molecule has 0 amide bonds. The van der Waals surface area contributed by atoms with Gasteiger partial charge in [0.2, 0.25) is 0 Å². The maximum Gasteiger partial charge on any atom is 0.134 e. The van der Waals surface area contributed by atoms with Gasteiger partial charge in [0, 0.05) is 22.4 Å². The molecule has 2 rings (SSSR count). The highest BCUT2D eigenvalue weighted by Crippen LogP contribution is 2.33. The third-order valence-corrected chi connectivity index (χ3v) is 4.18. The highest BCUT2D eigenvalue weighted by molar-refractivity contribution is 7.98. The van der Waals surface area contributed by atoms with Gasteiger partial charge >= 0.3 is 0 Å². The second-order valence-electron chi connectivity index (χ2n) is 4.63. The zero-order chi connectivity index (χ0) is 13.8. The fraction of sp³-hybridized carbons (Fsp3) is 0.250. The monoisotopic (exact) mass is 273 g/mol. The molecule has 0 aromatic heterocycles. The molecule has 0 bridgehead atoms. The van der Waals surface area contributed by atoms with E-state index < -0.39 is 0 Å². The summed E-state index contributed by atoms with van der Waals surface area (Å²) in [4.78, 5) is 1.12. The van der Waals surface area contributed by atoms with E-state index in [-0.39, 0.29) is 0 Å². The molecule has 0 spiro atoms. The molecule has 2 nitrogen and oxygen atoms in total. The van der Waals surface area contributed by atoms with Gasteiger partial charge < -0.3 is 10.5 Å². The Morgan fingerprint density at radius 1 is 1.11 bits per heavy atom. The van der Waals surface area contributed by atoms with Crippen molar-refractivity contribution in [2.45, 2.75) is 24.5 Å². The van der Waals surface area contributed by atoms with Crippen LogP contribution in [-0.2, 0) is 5.75 Å². The van der Waals surface area contributed by atoms with Crippen molar-refractivity contribution < 1.29 is 4.74 Å². The Kier molecular flexibility index (Phi) is 4.38. The van der Waals surface area contributed by atoms with Crippen molar-refractivity contribution in [2.75, 3.05) is 12.8 Å². The molecule has 0 aliphatic carbocycles. The van der Waals surface area contributed by atoms with Gasteiger partial charge in [-0.15, -0.1) is 11.8 Å². The number of hydrogen-bond acceptors (Lipinski definition) is 3. The summed E-state index contributed by atoms with van der Waals surface area (Å²) >= 11 is 1.78. The number of nitrogen functional groups attached to an aromatic ring is 1. The van der Waals surface area contributed by atoms with Crippen molar-refractivity contribution in [1.29, 1.82) is 0 Å². The SMILES string of the molecule is COc1cc(N)ccc1SCc1cc(C)ccc1C. The number of thioether (sulfide) groups is 1. The van der Waals surface area contributed by atoms with E-state index in [2.05, 4.69) is 32.0 Å². The van der Waals surface area contributed by atoms with Crippen molar-refractivity contribution in [3.63, 3.8) is 0 Å². The third kappa shape index (κ3) is 3.44. The quantitative estimate of drug-likeness (QED) is 0.670. The molecule has 0 fully saturated rings. The van der Waals surface area contributed by atoms with Crippen LogP contribution in [0.1, 0.15) is 16.7 Å². The molecule has 0 aliphatic rings. The molecule has 100 valence electrons. The lowest BCUT2D eigenvalue weighted by Crippen LogP contribution is -1.92. The predicted molar refractivity (Wildman–Crippen MR) is 82.9 cm³/mol. The van der Waals surface area contributed by atoms with Gasteiger partial charge in [0.25, 0.3) is 0 Å². The number of benzene rings is 2. The molecular weight excluding hydrogens is 254 g/mol. The van der Waals surface area contributed by atoms with Crippen LogP contribution in [0.3, 0.4) is 0 Å². The number of rotatable bonds is 4. The van der Waals surface area contributed by atoms with Gasteiger partial charge in [0.15, 0.2) is 0 Å². The van der Waals surface area contributed by atoms with Gasteiger partial charge in [-0.1, -0.05) is 23.8 Å². The zero-order valence-electron chi connectivity index (χ0n) is 11.6. The van der Waals surface area contributed by atoms with Crippen LogP contribution < -0.4 is 10.5 Å². The van der Waals surface area contributed by atoms with Crippen LogP contribution >= 0.6 is 11.8 Å². The summed E-state index contributed by atoms with van der Waals surface area (Å²) in [5.41, 5.74) is 10.5. The van der Waals surface area contributed by atoms with Crippen molar-refractivity contribution in [3.8, 4) is 5.75 Å². The highest BCUT2D eigenvalue weighted by atomic mass is 32.2. The minimum Gasteiger partial charge on any atom is -0.496 e. The molecule has 0 heterocycles. The summed E-state index contributed by atoms with van der Waals surface area (Å²) in [7, 11) is 1.68. The second-order valence-corrected chi connectivity index (χ2v) is 5.65. The highest BCUT2D eigenvalue weighted by Gasteiger charge is 2.06. The van der Waals surface area contributed by atoms with E-state index in [1.807, 2.05) is 18.2 Å². The molecule has 3 heteroatoms. The number of hydrogen-bond donors (Lipinski definition) is 1. The fourth-order valence-electron chi connectivity index (χ4n) is 1.91. The zero-order valence-corrected chi connectivity index (χ0v) is 12.4. The number of aryl methyl sites for hydroxylation is 2. The minimum absolute atomic E-state index is 0.730. The lowest BCUT2D eigenvalue weighted by molar-refractivity contribution is 0.405. The van der Waals surface area contributed by atoms with E-state index in [0.29, 0.717) is 0 Å². The minimum atomic E-state index is 0.730. The number of ether oxygens (including phenoxy) is 1. The van der Waals surface area contributed by atoms with Gasteiger partial charge in [-0.2, -0.15) is 0 Å². The first-order valence-electron chi connectivity index (χ1n) is 6.22. The summed E-state index contributed by atoms with van der Waals surface area (Å²) in [6.45, 7) is 4.27. The van der Waals surface area contributed by atoms with Crippen LogP contribution in [0.4, 0.5) is 5.69 Å². The lowest BCUT2D eigenvalue weighted by Gasteiger charge is -2.10. The smallest absolute Gasteiger partial charge is 0.134 e. The summed E-state index contributed by atoms with van der Waals surface area (Å²) in [6.07, 6.45) is 0. The van der Waals surface area contributed by atoms with Gasteiger partial charge in [-0.25, -0.2) is 0 Å². The van der Waals surface area contributed by atoms with Crippen LogP contribution in [0.15, 0.2) is 41.3 Å². The van der Waals surface area contributed by atoms with E-state index in [0.717, 1.165) is 22.1 Å². The Balaban J connectivity index is 2.16. The van der Waals surface area contributed by atoms with E-state index in [1.165, 1.54) is 16.7 Å². The molecule has 2 aromatic rings. The molecule has 0 radical (unpaired) electrons. The van der Waals surface area contributed by atoms with Gasteiger partial charge in [0.05, 0.1) is 7.11 Å². The average molecular weight is 273 g/mol. The van der Waals surface area contributed by atoms with E-state index in [9.17, 15) is 0 Å². The number of methoxy groups -OCH3 is 1. The van der Waals surface area contributed by atoms with Crippen molar-refractivity contribution in [3.05, 3.63) is 53.1 Å². The molecule has 0 atom stereocenters. The largest absolute Gasteiger partial charge is 0.496 e. The first kappa shape index (κ1) is 13.8. The molecule has 0 unspecified atom stereocenters. The first-order chi connectivity index (χ1) is 9.10. The van der Waals surface area contributed by atoms with Crippen molar-refractivity contribution in [2.24, 2.45) is 0 Å². The van der Waals surface area contributed by atoms with Gasteiger partial charge in [-0.05, 0) is 37.1 Å².